The average Bonchev–Trinajstić information content (AvgIpc) is 1.86. The summed E-state index contributed by atoms with van der Waals surface area (Å²) in [6.07, 6.45) is 0. The second-order valence-electron chi connectivity index (χ2n) is 2.80. The summed E-state index contributed by atoms with van der Waals surface area (Å²) in [5.41, 5.74) is 0. The number of ether oxygens (including phenoxy) is 1. The Balaban J connectivity index is 2.16. The van der Waals surface area contributed by atoms with Gasteiger partial charge in [-0.1, -0.05) is 6.92 Å². The Bertz CT molecular complexity index is 141. The summed E-state index contributed by atoms with van der Waals surface area (Å²) in [7, 11) is 0. The molecule has 1 saturated heterocycles. The van der Waals surface area contributed by atoms with Crippen molar-refractivity contribution in [3.05, 3.63) is 0 Å². The van der Waals surface area contributed by atoms with Gasteiger partial charge in [-0.15, -0.1) is 0 Å². The fraction of sp³-hybridized carbons (Fsp3) is 0.875. The van der Waals surface area contributed by atoms with Gasteiger partial charge in [-0.05, 0) is 13.5 Å². The van der Waals surface area contributed by atoms with Crippen LogP contribution in [0.2, 0.25) is 0 Å². The maximum Gasteiger partial charge on any atom is 0.311 e. The normalized spacial score (nSPS) is 19.5. The van der Waals surface area contributed by atoms with Gasteiger partial charge in [-0.2, -0.15) is 0 Å². The number of rotatable bonds is 3. The number of hydrogen-bond acceptors (Lipinski definition) is 3. The number of nitrogens with zero attached hydrogens (tertiary/aromatic N) is 1. The second-order valence-corrected chi connectivity index (χ2v) is 2.80. The first-order valence-electron chi connectivity index (χ1n) is 4.16. The number of likely N-dealkylation sites (tertiary alicyclic amines) is 1. The van der Waals surface area contributed by atoms with Gasteiger partial charge in [0.15, 0.2) is 0 Å². The van der Waals surface area contributed by atoms with Crippen LogP contribution < -0.4 is 0 Å². The van der Waals surface area contributed by atoms with Crippen LogP contribution in [0.15, 0.2) is 0 Å². The van der Waals surface area contributed by atoms with Crippen molar-refractivity contribution in [3.8, 4) is 0 Å². The van der Waals surface area contributed by atoms with Gasteiger partial charge in [0.25, 0.3) is 0 Å². The van der Waals surface area contributed by atoms with E-state index in [9.17, 15) is 4.79 Å². The lowest BCUT2D eigenvalue weighted by Crippen LogP contribution is -2.50. The molecule has 0 unspecified atom stereocenters. The molecule has 1 aliphatic rings. The van der Waals surface area contributed by atoms with E-state index in [-0.39, 0.29) is 11.9 Å². The molecule has 1 aliphatic heterocycles. The number of carbonyl (C=O) groups excluding carboxylic acids is 1. The van der Waals surface area contributed by atoms with Crippen molar-refractivity contribution in [3.63, 3.8) is 0 Å². The van der Waals surface area contributed by atoms with E-state index >= 15 is 0 Å². The molecule has 1 fully saturated rings. The minimum atomic E-state index is -0.0304. The monoisotopic (exact) mass is 157 g/mol. The first-order chi connectivity index (χ1) is 5.27. The van der Waals surface area contributed by atoms with Gasteiger partial charge in [0.2, 0.25) is 0 Å². The third-order valence-electron chi connectivity index (χ3n) is 2.02. The van der Waals surface area contributed by atoms with Crippen LogP contribution in [0.5, 0.6) is 0 Å². The van der Waals surface area contributed by atoms with Crippen LogP contribution in [0.1, 0.15) is 13.8 Å². The fourth-order valence-corrected chi connectivity index (χ4v) is 1.24. The zero-order valence-electron chi connectivity index (χ0n) is 7.17. The lowest BCUT2D eigenvalue weighted by Gasteiger charge is -2.36. The molecule has 0 radical (unpaired) electrons. The van der Waals surface area contributed by atoms with Crippen molar-refractivity contribution in [1.29, 1.82) is 0 Å². The maximum atomic E-state index is 11.0. The van der Waals surface area contributed by atoms with Crippen molar-refractivity contribution >= 4 is 5.97 Å². The van der Waals surface area contributed by atoms with Crippen LogP contribution in [-0.2, 0) is 9.53 Å². The van der Waals surface area contributed by atoms with Crippen LogP contribution in [0.25, 0.3) is 0 Å². The molecule has 1 heterocycles. The van der Waals surface area contributed by atoms with Crippen LogP contribution in [0.4, 0.5) is 0 Å². The summed E-state index contributed by atoms with van der Waals surface area (Å²) in [6.45, 7) is 7.25. The Morgan fingerprint density at radius 2 is 2.18 bits per heavy atom. The Morgan fingerprint density at radius 3 is 2.64 bits per heavy atom. The lowest BCUT2D eigenvalue weighted by molar-refractivity contribution is -0.153. The molecule has 11 heavy (non-hydrogen) atoms. The van der Waals surface area contributed by atoms with Gasteiger partial charge < -0.3 is 9.64 Å². The highest BCUT2D eigenvalue weighted by Crippen LogP contribution is 2.15. The minimum Gasteiger partial charge on any atom is -0.466 e. The summed E-state index contributed by atoms with van der Waals surface area (Å²) in [5.74, 6) is 0.118. The van der Waals surface area contributed by atoms with Crippen LogP contribution in [0.3, 0.4) is 0 Å². The smallest absolute Gasteiger partial charge is 0.311 e. The zero-order valence-corrected chi connectivity index (χ0v) is 7.17. The standard InChI is InChI=1S/C8H15NO2/c1-3-9-5-7(6-9)8(10)11-4-2/h7H,3-6H2,1-2H3. The highest BCUT2D eigenvalue weighted by molar-refractivity contribution is 5.73. The molecule has 0 aromatic heterocycles. The van der Waals surface area contributed by atoms with Gasteiger partial charge >= 0.3 is 5.97 Å². The van der Waals surface area contributed by atoms with E-state index in [0.717, 1.165) is 19.6 Å². The van der Waals surface area contributed by atoms with Crippen LogP contribution in [-0.4, -0.2) is 37.1 Å². The van der Waals surface area contributed by atoms with Gasteiger partial charge in [0.05, 0.1) is 12.5 Å². The summed E-state index contributed by atoms with van der Waals surface area (Å²) in [6, 6.07) is 0. The molecule has 0 aliphatic carbocycles. The molecule has 3 heteroatoms. The highest BCUT2D eigenvalue weighted by Gasteiger charge is 2.32. The third-order valence-corrected chi connectivity index (χ3v) is 2.02. The maximum absolute atomic E-state index is 11.0. The summed E-state index contributed by atoms with van der Waals surface area (Å²) >= 11 is 0. The Hall–Kier alpha value is -0.570. The van der Waals surface area contributed by atoms with E-state index in [0.29, 0.717) is 6.61 Å². The number of hydrogen-bond donors (Lipinski definition) is 0. The van der Waals surface area contributed by atoms with Gasteiger partial charge in [0, 0.05) is 13.1 Å². The van der Waals surface area contributed by atoms with E-state index < -0.39 is 0 Å². The van der Waals surface area contributed by atoms with Crippen molar-refractivity contribution < 1.29 is 9.53 Å². The highest BCUT2D eigenvalue weighted by atomic mass is 16.5. The fourth-order valence-electron chi connectivity index (χ4n) is 1.24. The molecule has 64 valence electrons. The first-order valence-corrected chi connectivity index (χ1v) is 4.16. The number of esters is 1. The summed E-state index contributed by atoms with van der Waals surface area (Å²) in [4.78, 5) is 13.3. The molecule has 3 nitrogen and oxygen atoms in total. The molecular weight excluding hydrogens is 142 g/mol. The largest absolute Gasteiger partial charge is 0.466 e. The van der Waals surface area contributed by atoms with Crippen LogP contribution >= 0.6 is 0 Å². The lowest BCUT2D eigenvalue weighted by atomic mass is 10.0. The summed E-state index contributed by atoms with van der Waals surface area (Å²) < 4.78 is 4.87. The number of carbonyl (C=O) groups is 1. The van der Waals surface area contributed by atoms with Crippen molar-refractivity contribution in [1.82, 2.24) is 4.90 Å². The first kappa shape index (κ1) is 8.53. The molecule has 0 N–H and O–H groups in total. The second kappa shape index (κ2) is 3.72. The van der Waals surface area contributed by atoms with E-state index in [1.165, 1.54) is 0 Å². The molecule has 0 aromatic rings. The predicted octanol–water partition coefficient (Wildman–Crippen LogP) is 0.501. The molecule has 0 bridgehead atoms. The molecule has 0 amide bonds. The SMILES string of the molecule is CCOC(=O)C1CN(CC)C1. The molecule has 0 saturated carbocycles. The van der Waals surface area contributed by atoms with Gasteiger partial charge in [-0.25, -0.2) is 0 Å². The van der Waals surface area contributed by atoms with E-state index in [1.54, 1.807) is 0 Å². The quantitative estimate of drug-likeness (QED) is 0.559. The van der Waals surface area contributed by atoms with E-state index in [4.69, 9.17) is 4.74 Å². The van der Waals surface area contributed by atoms with Crippen molar-refractivity contribution in [2.75, 3.05) is 26.2 Å². The minimum absolute atomic E-state index is 0.0304. The molecule has 0 spiro atoms. The van der Waals surface area contributed by atoms with Crippen molar-refractivity contribution in [2.45, 2.75) is 13.8 Å². The Labute approximate surface area is 67.3 Å². The third kappa shape index (κ3) is 1.93. The summed E-state index contributed by atoms with van der Waals surface area (Å²) in [5, 5.41) is 0. The molecule has 0 atom stereocenters. The van der Waals surface area contributed by atoms with E-state index in [2.05, 4.69) is 11.8 Å². The molecule has 1 rings (SSSR count). The van der Waals surface area contributed by atoms with Crippen molar-refractivity contribution in [2.24, 2.45) is 5.92 Å². The molecule has 0 aromatic carbocycles. The van der Waals surface area contributed by atoms with Gasteiger partial charge in [-0.3, -0.25) is 4.79 Å². The van der Waals surface area contributed by atoms with Gasteiger partial charge in [0.1, 0.15) is 0 Å². The predicted molar refractivity (Wildman–Crippen MR) is 42.2 cm³/mol. The zero-order chi connectivity index (χ0) is 8.27. The molecular formula is C8H15NO2. The topological polar surface area (TPSA) is 29.5 Å². The van der Waals surface area contributed by atoms with Crippen LogP contribution in [0, 0.1) is 5.92 Å². The average molecular weight is 157 g/mol. The Kier molecular flexibility index (Phi) is 2.88. The van der Waals surface area contributed by atoms with E-state index in [1.807, 2.05) is 6.92 Å². The Morgan fingerprint density at radius 1 is 1.55 bits per heavy atom.